The van der Waals surface area contributed by atoms with Crippen molar-refractivity contribution in [2.75, 3.05) is 18.0 Å². The normalized spacial score (nSPS) is 19.7. The van der Waals surface area contributed by atoms with Crippen LogP contribution < -0.4 is 4.90 Å². The smallest absolute Gasteiger partial charge is 0.151 e. The Hall–Kier alpha value is -1.65. The van der Waals surface area contributed by atoms with E-state index >= 15 is 0 Å². The topological polar surface area (TPSA) is 61.6 Å². The molecule has 13 heavy (non-hydrogen) atoms. The molecule has 1 aliphatic rings. The Bertz CT molecular complexity index is 311. The molecule has 5 heteroatoms. The summed E-state index contributed by atoms with van der Waals surface area (Å²) in [7, 11) is 0. The molecule has 0 saturated carbocycles. The van der Waals surface area contributed by atoms with Crippen LogP contribution in [-0.4, -0.2) is 34.2 Å². The van der Waals surface area contributed by atoms with Crippen LogP contribution in [0.4, 0.5) is 5.82 Å². The summed E-state index contributed by atoms with van der Waals surface area (Å²) in [5.74, 6) is 0.834. The van der Waals surface area contributed by atoms with Gasteiger partial charge >= 0.3 is 0 Å². The zero-order valence-electron chi connectivity index (χ0n) is 7.09. The van der Waals surface area contributed by atoms with Gasteiger partial charge in [-0.05, 0) is 12.1 Å². The van der Waals surface area contributed by atoms with Crippen molar-refractivity contribution in [3.05, 3.63) is 18.3 Å². The lowest BCUT2D eigenvalue weighted by Crippen LogP contribution is -2.20. The molecule has 0 atom stereocenters. The van der Waals surface area contributed by atoms with Gasteiger partial charge in [-0.3, -0.25) is 0 Å². The largest absolute Gasteiger partial charge is 0.411 e. The minimum absolute atomic E-state index is 0.648. The number of nitrogens with zero attached hydrogens (tertiary/aromatic N) is 4. The summed E-state index contributed by atoms with van der Waals surface area (Å²) in [4.78, 5) is 2.03. The van der Waals surface area contributed by atoms with Gasteiger partial charge in [0.2, 0.25) is 0 Å². The second-order valence-corrected chi connectivity index (χ2v) is 2.92. The lowest BCUT2D eigenvalue weighted by atomic mass is 10.3. The predicted molar refractivity (Wildman–Crippen MR) is 48.1 cm³/mol. The molecule has 2 rings (SSSR count). The monoisotopic (exact) mass is 178 g/mol. The highest BCUT2D eigenvalue weighted by Gasteiger charge is 2.19. The Labute approximate surface area is 75.7 Å². The van der Waals surface area contributed by atoms with Crippen LogP contribution in [-0.2, 0) is 0 Å². The average molecular weight is 178 g/mol. The molecule has 0 aliphatic carbocycles. The first-order valence-electron chi connectivity index (χ1n) is 4.12. The second kappa shape index (κ2) is 3.38. The third-order valence-corrected chi connectivity index (χ3v) is 2.07. The highest BCUT2D eigenvalue weighted by atomic mass is 16.4. The zero-order valence-corrected chi connectivity index (χ0v) is 7.09. The molecule has 1 fully saturated rings. The molecule has 0 radical (unpaired) electrons. The van der Waals surface area contributed by atoms with E-state index in [9.17, 15) is 0 Å². The predicted octanol–water partition coefficient (Wildman–Crippen LogP) is 0.517. The molecule has 1 aliphatic heterocycles. The summed E-state index contributed by atoms with van der Waals surface area (Å²) in [6.07, 6.45) is 2.44. The molecule has 2 heterocycles. The lowest BCUT2D eigenvalue weighted by molar-refractivity contribution is 0.318. The first-order valence-corrected chi connectivity index (χ1v) is 4.12. The van der Waals surface area contributed by atoms with Crippen molar-refractivity contribution in [1.82, 2.24) is 10.2 Å². The maximum atomic E-state index is 8.56. The van der Waals surface area contributed by atoms with E-state index in [1.165, 1.54) is 0 Å². The van der Waals surface area contributed by atoms with E-state index in [0.717, 1.165) is 24.5 Å². The fraction of sp³-hybridized carbons (Fsp3) is 0.375. The number of oxime groups is 1. The second-order valence-electron chi connectivity index (χ2n) is 2.92. The van der Waals surface area contributed by atoms with Crippen LogP contribution in [0.5, 0.6) is 0 Å². The average Bonchev–Trinajstić information content (AvgIpc) is 2.67. The number of hydrogen-bond acceptors (Lipinski definition) is 5. The highest BCUT2D eigenvalue weighted by molar-refractivity contribution is 5.91. The Morgan fingerprint density at radius 3 is 3.08 bits per heavy atom. The molecular formula is C8H10N4O. The van der Waals surface area contributed by atoms with Crippen molar-refractivity contribution < 1.29 is 5.21 Å². The maximum Gasteiger partial charge on any atom is 0.151 e. The van der Waals surface area contributed by atoms with E-state index in [2.05, 4.69) is 15.4 Å². The fourth-order valence-electron chi connectivity index (χ4n) is 1.38. The van der Waals surface area contributed by atoms with Crippen molar-refractivity contribution >= 4 is 11.5 Å². The van der Waals surface area contributed by atoms with Crippen LogP contribution in [0.3, 0.4) is 0 Å². The van der Waals surface area contributed by atoms with Crippen molar-refractivity contribution in [2.24, 2.45) is 5.16 Å². The third-order valence-electron chi connectivity index (χ3n) is 2.07. The maximum absolute atomic E-state index is 8.56. The summed E-state index contributed by atoms with van der Waals surface area (Å²) in [5, 5.41) is 19.5. The molecule has 0 spiro atoms. The Morgan fingerprint density at radius 2 is 2.46 bits per heavy atom. The fourth-order valence-corrected chi connectivity index (χ4v) is 1.38. The van der Waals surface area contributed by atoms with Crippen molar-refractivity contribution in [3.63, 3.8) is 0 Å². The first kappa shape index (κ1) is 7.97. The quantitative estimate of drug-likeness (QED) is 0.503. The van der Waals surface area contributed by atoms with E-state index in [1.54, 1.807) is 6.20 Å². The van der Waals surface area contributed by atoms with Gasteiger partial charge in [0.05, 0.1) is 12.3 Å². The van der Waals surface area contributed by atoms with Gasteiger partial charge in [0.1, 0.15) is 0 Å². The summed E-state index contributed by atoms with van der Waals surface area (Å²) in [6, 6.07) is 3.74. The van der Waals surface area contributed by atoms with Crippen molar-refractivity contribution in [2.45, 2.75) is 6.42 Å². The number of hydrogen-bond donors (Lipinski definition) is 1. The molecule has 1 aromatic rings. The molecule has 1 saturated heterocycles. The van der Waals surface area contributed by atoms with E-state index < -0.39 is 0 Å². The van der Waals surface area contributed by atoms with Gasteiger partial charge in [-0.1, -0.05) is 5.16 Å². The van der Waals surface area contributed by atoms with E-state index in [4.69, 9.17) is 5.21 Å². The molecule has 0 aromatic carbocycles. The Morgan fingerprint density at radius 1 is 1.54 bits per heavy atom. The van der Waals surface area contributed by atoms with Gasteiger partial charge in [0.25, 0.3) is 0 Å². The molecule has 68 valence electrons. The van der Waals surface area contributed by atoms with Crippen molar-refractivity contribution in [1.29, 1.82) is 0 Å². The Balaban J connectivity index is 2.13. The van der Waals surface area contributed by atoms with Gasteiger partial charge in [0.15, 0.2) is 5.82 Å². The molecule has 0 unspecified atom stereocenters. The summed E-state index contributed by atoms with van der Waals surface area (Å²) >= 11 is 0. The number of rotatable bonds is 1. The SMILES string of the molecule is O/N=C1/CCN(c2cccnn2)C1. The summed E-state index contributed by atoms with van der Waals surface area (Å²) in [5.41, 5.74) is 0.797. The van der Waals surface area contributed by atoms with Gasteiger partial charge in [-0.15, -0.1) is 5.10 Å². The molecule has 0 bridgehead atoms. The third kappa shape index (κ3) is 1.58. The van der Waals surface area contributed by atoms with Gasteiger partial charge in [-0.25, -0.2) is 0 Å². The standard InChI is InChI=1S/C8H10N4O/c13-11-7-3-5-12(6-7)8-2-1-4-9-10-8/h1-2,4,13H,3,5-6H2/b11-7-. The Kier molecular flexibility index (Phi) is 2.08. The van der Waals surface area contributed by atoms with E-state index in [0.29, 0.717) is 6.54 Å². The minimum Gasteiger partial charge on any atom is -0.411 e. The van der Waals surface area contributed by atoms with E-state index in [1.807, 2.05) is 17.0 Å². The van der Waals surface area contributed by atoms with Gasteiger partial charge in [0, 0.05) is 19.2 Å². The molecule has 1 aromatic heterocycles. The molecule has 5 nitrogen and oxygen atoms in total. The zero-order chi connectivity index (χ0) is 9.10. The summed E-state index contributed by atoms with van der Waals surface area (Å²) < 4.78 is 0. The molecule has 1 N–H and O–H groups in total. The van der Waals surface area contributed by atoms with Crippen LogP contribution in [0.15, 0.2) is 23.5 Å². The van der Waals surface area contributed by atoms with Crippen LogP contribution in [0.2, 0.25) is 0 Å². The number of aromatic nitrogens is 2. The van der Waals surface area contributed by atoms with Crippen LogP contribution in [0.1, 0.15) is 6.42 Å². The van der Waals surface area contributed by atoms with Gasteiger partial charge in [-0.2, -0.15) is 5.10 Å². The van der Waals surface area contributed by atoms with Crippen LogP contribution in [0, 0.1) is 0 Å². The molecule has 0 amide bonds. The molecular weight excluding hydrogens is 168 g/mol. The van der Waals surface area contributed by atoms with Gasteiger partial charge < -0.3 is 10.1 Å². The van der Waals surface area contributed by atoms with E-state index in [-0.39, 0.29) is 0 Å². The first-order chi connectivity index (χ1) is 6.40. The minimum atomic E-state index is 0.648. The number of anilines is 1. The van der Waals surface area contributed by atoms with Crippen LogP contribution in [0.25, 0.3) is 0 Å². The summed E-state index contributed by atoms with van der Waals surface area (Å²) in [6.45, 7) is 1.49. The lowest BCUT2D eigenvalue weighted by Gasteiger charge is -2.13. The van der Waals surface area contributed by atoms with Crippen LogP contribution >= 0.6 is 0 Å². The highest BCUT2D eigenvalue weighted by Crippen LogP contribution is 2.14. The van der Waals surface area contributed by atoms with Crippen molar-refractivity contribution in [3.8, 4) is 0 Å².